The Morgan fingerprint density at radius 1 is 1.33 bits per heavy atom. The summed E-state index contributed by atoms with van der Waals surface area (Å²) in [6, 6.07) is 0. The summed E-state index contributed by atoms with van der Waals surface area (Å²) in [5.41, 5.74) is 2.35. The third-order valence-electron chi connectivity index (χ3n) is 2.27. The maximum atomic E-state index is 11.3. The van der Waals surface area contributed by atoms with Gasteiger partial charge < -0.3 is 0 Å². The summed E-state index contributed by atoms with van der Waals surface area (Å²) in [6.45, 7) is 1.98. The van der Waals surface area contributed by atoms with Gasteiger partial charge in [0.25, 0.3) is 0 Å². The fraction of sp³-hybridized carbons (Fsp3) is 0.700. The predicted octanol–water partition coefficient (Wildman–Crippen LogP) is 0.747. The minimum atomic E-state index is -0.309. The topological polar surface area (TPSA) is 66.5 Å². The molecular formula is C10H16N2O3. The van der Waals surface area contributed by atoms with Crippen LogP contribution in [0.2, 0.25) is 0 Å². The van der Waals surface area contributed by atoms with E-state index in [1.54, 1.807) is 0 Å². The molecule has 0 unspecified atom stereocenters. The first kappa shape index (κ1) is 11.7. The molecule has 0 atom stereocenters. The van der Waals surface area contributed by atoms with Crippen molar-refractivity contribution in [2.24, 2.45) is 0 Å². The van der Waals surface area contributed by atoms with Gasteiger partial charge in [0.2, 0.25) is 17.7 Å². The maximum Gasteiger partial charge on any atom is 0.248 e. The number of hydrogen-bond acceptors (Lipinski definition) is 3. The predicted molar refractivity (Wildman–Crippen MR) is 53.4 cm³/mol. The molecule has 0 aromatic heterocycles. The molecule has 3 amide bonds. The zero-order chi connectivity index (χ0) is 11.3. The van der Waals surface area contributed by atoms with Crippen molar-refractivity contribution in [1.82, 2.24) is 10.4 Å². The summed E-state index contributed by atoms with van der Waals surface area (Å²) in [7, 11) is 0. The lowest BCUT2D eigenvalue weighted by Gasteiger charge is -2.24. The fourth-order valence-corrected chi connectivity index (χ4v) is 1.40. The molecule has 0 aliphatic carbocycles. The van der Waals surface area contributed by atoms with Crippen LogP contribution in [0.3, 0.4) is 0 Å². The van der Waals surface area contributed by atoms with Crippen molar-refractivity contribution in [1.29, 1.82) is 0 Å². The van der Waals surface area contributed by atoms with E-state index in [1.807, 2.05) is 6.92 Å². The van der Waals surface area contributed by atoms with Crippen LogP contribution < -0.4 is 5.43 Å². The number of rotatable bonds is 4. The van der Waals surface area contributed by atoms with Gasteiger partial charge in [-0.25, -0.2) is 0 Å². The second-order valence-electron chi connectivity index (χ2n) is 3.61. The highest BCUT2D eigenvalue weighted by atomic mass is 16.2. The van der Waals surface area contributed by atoms with Crippen molar-refractivity contribution in [3.8, 4) is 0 Å². The van der Waals surface area contributed by atoms with E-state index in [-0.39, 0.29) is 17.7 Å². The van der Waals surface area contributed by atoms with E-state index in [2.05, 4.69) is 5.43 Å². The molecule has 0 spiro atoms. The van der Waals surface area contributed by atoms with Crippen LogP contribution in [0.25, 0.3) is 0 Å². The molecule has 0 aromatic carbocycles. The highest BCUT2D eigenvalue weighted by Crippen LogP contribution is 2.09. The van der Waals surface area contributed by atoms with Crippen LogP contribution in [0, 0.1) is 0 Å². The molecule has 1 N–H and O–H groups in total. The van der Waals surface area contributed by atoms with Gasteiger partial charge in [-0.2, -0.15) is 5.01 Å². The summed E-state index contributed by atoms with van der Waals surface area (Å²) in [4.78, 5) is 33.9. The second-order valence-corrected chi connectivity index (χ2v) is 3.61. The molecule has 1 saturated heterocycles. The lowest BCUT2D eigenvalue weighted by molar-refractivity contribution is -0.156. The van der Waals surface area contributed by atoms with Crippen LogP contribution in [0.1, 0.15) is 45.4 Å². The number of unbranched alkanes of at least 4 members (excludes halogenated alkanes) is 1. The van der Waals surface area contributed by atoms with E-state index >= 15 is 0 Å². The Labute approximate surface area is 88.8 Å². The Bertz CT molecular complexity index is 260. The van der Waals surface area contributed by atoms with Crippen LogP contribution in [-0.4, -0.2) is 22.7 Å². The van der Waals surface area contributed by atoms with Crippen LogP contribution in [-0.2, 0) is 14.4 Å². The average Bonchev–Trinajstić information content (AvgIpc) is 2.21. The van der Waals surface area contributed by atoms with Crippen molar-refractivity contribution < 1.29 is 14.4 Å². The number of nitrogens with zero attached hydrogens (tertiary/aromatic N) is 1. The van der Waals surface area contributed by atoms with Gasteiger partial charge in [0, 0.05) is 19.3 Å². The van der Waals surface area contributed by atoms with Gasteiger partial charge in [0.05, 0.1) is 0 Å². The molecule has 0 aromatic rings. The standard InChI is InChI=1S/C10H16N2O3/c1-2-3-5-8(13)11-12-9(14)6-4-7-10(12)15/h2-7H2,1H3,(H,11,13). The molecule has 1 fully saturated rings. The molecule has 1 aliphatic heterocycles. The highest BCUT2D eigenvalue weighted by Gasteiger charge is 2.27. The fourth-order valence-electron chi connectivity index (χ4n) is 1.40. The van der Waals surface area contributed by atoms with Gasteiger partial charge in [0.15, 0.2) is 0 Å². The molecular weight excluding hydrogens is 196 g/mol. The number of hydrogen-bond donors (Lipinski definition) is 1. The Kier molecular flexibility index (Phi) is 4.27. The summed E-state index contributed by atoms with van der Waals surface area (Å²) >= 11 is 0. The molecule has 0 saturated carbocycles. The molecule has 0 bridgehead atoms. The van der Waals surface area contributed by atoms with E-state index in [0.29, 0.717) is 25.7 Å². The van der Waals surface area contributed by atoms with Crippen molar-refractivity contribution in [2.45, 2.75) is 45.4 Å². The van der Waals surface area contributed by atoms with Crippen LogP contribution >= 0.6 is 0 Å². The third kappa shape index (κ3) is 3.34. The minimum Gasteiger partial charge on any atom is -0.273 e. The number of amides is 3. The number of imide groups is 1. The van der Waals surface area contributed by atoms with E-state index in [1.165, 1.54) is 0 Å². The monoisotopic (exact) mass is 212 g/mol. The van der Waals surface area contributed by atoms with Gasteiger partial charge in [-0.05, 0) is 12.8 Å². The van der Waals surface area contributed by atoms with Crippen molar-refractivity contribution in [2.75, 3.05) is 0 Å². The Balaban J connectivity index is 2.44. The van der Waals surface area contributed by atoms with Gasteiger partial charge >= 0.3 is 0 Å². The van der Waals surface area contributed by atoms with Crippen LogP contribution in [0.4, 0.5) is 0 Å². The second kappa shape index (κ2) is 5.48. The number of nitrogens with one attached hydrogen (secondary N) is 1. The SMILES string of the molecule is CCCCC(=O)NN1C(=O)CCCC1=O. The first-order valence-corrected chi connectivity index (χ1v) is 5.30. The van der Waals surface area contributed by atoms with Crippen molar-refractivity contribution >= 4 is 17.7 Å². The number of carbonyl (C=O) groups excluding carboxylic acids is 3. The van der Waals surface area contributed by atoms with Crippen molar-refractivity contribution in [3.63, 3.8) is 0 Å². The third-order valence-corrected chi connectivity index (χ3v) is 2.27. The van der Waals surface area contributed by atoms with Crippen molar-refractivity contribution in [3.05, 3.63) is 0 Å². The molecule has 15 heavy (non-hydrogen) atoms. The Morgan fingerprint density at radius 2 is 1.93 bits per heavy atom. The van der Waals surface area contributed by atoms with Gasteiger partial charge in [-0.3, -0.25) is 19.8 Å². The summed E-state index contributed by atoms with van der Waals surface area (Å²) in [5.74, 6) is -0.882. The number of hydrazine groups is 1. The highest BCUT2D eigenvalue weighted by molar-refractivity contribution is 5.99. The molecule has 84 valence electrons. The molecule has 1 rings (SSSR count). The van der Waals surface area contributed by atoms with Gasteiger partial charge in [-0.1, -0.05) is 13.3 Å². The lowest BCUT2D eigenvalue weighted by atomic mass is 10.1. The first-order valence-electron chi connectivity index (χ1n) is 5.30. The molecule has 5 heteroatoms. The summed E-state index contributed by atoms with van der Waals surface area (Å²) < 4.78 is 0. The van der Waals surface area contributed by atoms with Crippen LogP contribution in [0.5, 0.6) is 0 Å². The Morgan fingerprint density at radius 3 is 2.47 bits per heavy atom. The molecule has 1 aliphatic rings. The largest absolute Gasteiger partial charge is 0.273 e. The zero-order valence-electron chi connectivity index (χ0n) is 8.91. The van der Waals surface area contributed by atoms with Gasteiger partial charge in [0.1, 0.15) is 0 Å². The molecule has 0 radical (unpaired) electrons. The van der Waals surface area contributed by atoms with Gasteiger partial charge in [-0.15, -0.1) is 0 Å². The average molecular weight is 212 g/mol. The Hall–Kier alpha value is -1.39. The van der Waals surface area contributed by atoms with E-state index in [9.17, 15) is 14.4 Å². The normalized spacial score (nSPS) is 16.7. The minimum absolute atomic E-state index is 0.263. The van der Waals surface area contributed by atoms with Crippen LogP contribution in [0.15, 0.2) is 0 Å². The van der Waals surface area contributed by atoms with E-state index in [0.717, 1.165) is 17.9 Å². The number of carbonyl (C=O) groups is 3. The first-order chi connectivity index (χ1) is 7.15. The molecule has 1 heterocycles. The zero-order valence-corrected chi connectivity index (χ0v) is 8.91. The molecule has 5 nitrogen and oxygen atoms in total. The quantitative estimate of drug-likeness (QED) is 0.699. The smallest absolute Gasteiger partial charge is 0.248 e. The van der Waals surface area contributed by atoms with E-state index < -0.39 is 0 Å². The van der Waals surface area contributed by atoms with E-state index in [4.69, 9.17) is 0 Å². The summed E-state index contributed by atoms with van der Waals surface area (Å²) in [5, 5.41) is 0.863. The lowest BCUT2D eigenvalue weighted by Crippen LogP contribution is -2.51. The summed E-state index contributed by atoms with van der Waals surface area (Å²) in [6.07, 6.45) is 3.28. The maximum absolute atomic E-state index is 11.3. The number of piperidine rings is 1.